The van der Waals surface area contributed by atoms with Gasteiger partial charge in [-0.05, 0) is 18.8 Å². The molecule has 0 aliphatic rings. The van der Waals surface area contributed by atoms with Crippen LogP contribution in [0.15, 0.2) is 0 Å². The molecule has 2 atom stereocenters. The Hall–Kier alpha value is 0.730. The van der Waals surface area contributed by atoms with Gasteiger partial charge in [0.15, 0.2) is 0 Å². The smallest absolute Gasteiger partial charge is 0.0135 e. The fourth-order valence-electron chi connectivity index (χ4n) is 3.72. The van der Waals surface area contributed by atoms with Crippen molar-refractivity contribution in [2.75, 3.05) is 0 Å². The number of halogens is 1. The largest absolute Gasteiger partial charge is 0.0823 e. The summed E-state index contributed by atoms with van der Waals surface area (Å²) in [4.78, 5) is 0. The van der Waals surface area contributed by atoms with Gasteiger partial charge < -0.3 is 0 Å². The number of unbranched alkanes of at least 4 members (excludes halogenated alkanes) is 15. The molecule has 0 bridgehead atoms. The molecule has 0 heterocycles. The molecule has 25 heavy (non-hydrogen) atoms. The second-order valence-electron chi connectivity index (χ2n) is 8.37. The minimum absolute atomic E-state index is 0.909. The van der Waals surface area contributed by atoms with E-state index < -0.39 is 0 Å². The Labute approximate surface area is 174 Å². The zero-order valence-corrected chi connectivity index (χ0v) is 20.1. The lowest BCUT2D eigenvalue weighted by atomic mass is 9.95. The Morgan fingerprint density at radius 3 is 1.20 bits per heavy atom. The third kappa shape index (κ3) is 19.3. The Bertz CT molecular complexity index is 238. The molecule has 0 saturated heterocycles. The summed E-state index contributed by atoms with van der Waals surface area (Å²) in [6.07, 6.45) is 27.6. The van der Waals surface area contributed by atoms with E-state index in [0.29, 0.717) is 0 Å². The lowest BCUT2D eigenvalue weighted by Crippen LogP contribution is -2.10. The van der Waals surface area contributed by atoms with Crippen molar-refractivity contribution in [2.45, 2.75) is 147 Å². The van der Waals surface area contributed by atoms with Crippen molar-refractivity contribution in [1.82, 2.24) is 0 Å². The van der Waals surface area contributed by atoms with Gasteiger partial charge in [0.25, 0.3) is 0 Å². The molecular formula is C24H49I. The maximum absolute atomic E-state index is 2.73. The zero-order valence-electron chi connectivity index (χ0n) is 18.0. The quantitative estimate of drug-likeness (QED) is 0.0955. The summed E-state index contributed by atoms with van der Waals surface area (Å²) in [5.74, 6) is 0.926. The molecule has 1 heteroatoms. The molecule has 0 N–H and O–H groups in total. The van der Waals surface area contributed by atoms with Gasteiger partial charge in [-0.15, -0.1) is 0 Å². The highest BCUT2D eigenvalue weighted by Crippen LogP contribution is 2.25. The van der Waals surface area contributed by atoms with Crippen LogP contribution in [0, 0.1) is 5.92 Å². The average Bonchev–Trinajstić information content (AvgIpc) is 2.62. The van der Waals surface area contributed by atoms with Crippen molar-refractivity contribution >= 4 is 22.6 Å². The van der Waals surface area contributed by atoms with Gasteiger partial charge >= 0.3 is 0 Å². The zero-order chi connectivity index (χ0) is 18.6. The number of alkyl halides is 1. The SMILES string of the molecule is CCCCCCCCCCCCC(C)C(I)CCCCCCCCC. The molecule has 152 valence electrons. The van der Waals surface area contributed by atoms with E-state index in [-0.39, 0.29) is 0 Å². The summed E-state index contributed by atoms with van der Waals surface area (Å²) in [5.41, 5.74) is 0. The molecule has 0 aromatic heterocycles. The molecule has 0 aromatic carbocycles. The Morgan fingerprint density at radius 2 is 0.800 bits per heavy atom. The summed E-state index contributed by atoms with van der Waals surface area (Å²) in [6, 6.07) is 0. The standard InChI is InChI=1S/C24H49I/c1-4-6-8-10-12-13-14-16-17-19-21-23(3)24(25)22-20-18-15-11-9-7-5-2/h23-24H,4-22H2,1-3H3. The summed E-state index contributed by atoms with van der Waals surface area (Å²) in [6.45, 7) is 7.10. The average molecular weight is 465 g/mol. The molecule has 0 nitrogen and oxygen atoms in total. The van der Waals surface area contributed by atoms with Crippen LogP contribution in [0.25, 0.3) is 0 Å². The number of rotatable bonds is 20. The molecule has 0 amide bonds. The summed E-state index contributed by atoms with van der Waals surface area (Å²) >= 11 is 2.73. The van der Waals surface area contributed by atoms with Gasteiger partial charge in [0.05, 0.1) is 0 Å². The first-order valence-corrected chi connectivity index (χ1v) is 13.1. The van der Waals surface area contributed by atoms with Crippen molar-refractivity contribution in [3.05, 3.63) is 0 Å². The van der Waals surface area contributed by atoms with E-state index in [4.69, 9.17) is 0 Å². The lowest BCUT2D eigenvalue weighted by Gasteiger charge is -2.18. The normalized spacial score (nSPS) is 13.9. The number of hydrogen-bond donors (Lipinski definition) is 0. The van der Waals surface area contributed by atoms with Crippen molar-refractivity contribution in [1.29, 1.82) is 0 Å². The topological polar surface area (TPSA) is 0 Å². The third-order valence-electron chi connectivity index (χ3n) is 5.71. The Balaban J connectivity index is 3.31. The third-order valence-corrected chi connectivity index (χ3v) is 7.56. The van der Waals surface area contributed by atoms with Gasteiger partial charge in [0.1, 0.15) is 0 Å². The van der Waals surface area contributed by atoms with E-state index >= 15 is 0 Å². The first kappa shape index (κ1) is 25.7. The van der Waals surface area contributed by atoms with Crippen LogP contribution in [-0.4, -0.2) is 3.92 Å². The molecule has 0 aromatic rings. The van der Waals surface area contributed by atoms with Crippen LogP contribution < -0.4 is 0 Å². The molecule has 0 spiro atoms. The van der Waals surface area contributed by atoms with Gasteiger partial charge in [-0.25, -0.2) is 0 Å². The van der Waals surface area contributed by atoms with Crippen LogP contribution >= 0.6 is 22.6 Å². The van der Waals surface area contributed by atoms with E-state index in [9.17, 15) is 0 Å². The predicted molar refractivity (Wildman–Crippen MR) is 126 cm³/mol. The van der Waals surface area contributed by atoms with Gasteiger partial charge in [0, 0.05) is 3.92 Å². The van der Waals surface area contributed by atoms with Gasteiger partial charge in [-0.3, -0.25) is 0 Å². The van der Waals surface area contributed by atoms with E-state index in [1.165, 1.54) is 122 Å². The molecule has 0 radical (unpaired) electrons. The van der Waals surface area contributed by atoms with Crippen LogP contribution in [0.1, 0.15) is 143 Å². The molecule has 0 aliphatic heterocycles. The minimum Gasteiger partial charge on any atom is -0.0823 e. The van der Waals surface area contributed by atoms with Crippen molar-refractivity contribution in [3.63, 3.8) is 0 Å². The molecule has 0 fully saturated rings. The maximum Gasteiger partial charge on any atom is 0.0135 e. The van der Waals surface area contributed by atoms with Crippen LogP contribution in [-0.2, 0) is 0 Å². The summed E-state index contributed by atoms with van der Waals surface area (Å²) < 4.78 is 0.909. The van der Waals surface area contributed by atoms with Crippen LogP contribution in [0.4, 0.5) is 0 Å². The summed E-state index contributed by atoms with van der Waals surface area (Å²) in [7, 11) is 0. The molecule has 0 aliphatic carbocycles. The monoisotopic (exact) mass is 464 g/mol. The maximum atomic E-state index is 2.73. The van der Waals surface area contributed by atoms with E-state index in [2.05, 4.69) is 43.4 Å². The Morgan fingerprint density at radius 1 is 0.480 bits per heavy atom. The molecule has 0 rings (SSSR count). The van der Waals surface area contributed by atoms with Crippen LogP contribution in [0.2, 0.25) is 0 Å². The lowest BCUT2D eigenvalue weighted by molar-refractivity contribution is 0.450. The van der Waals surface area contributed by atoms with Gasteiger partial charge in [-0.2, -0.15) is 0 Å². The molecular weight excluding hydrogens is 415 g/mol. The van der Waals surface area contributed by atoms with E-state index in [1.807, 2.05) is 0 Å². The molecule has 0 saturated carbocycles. The second-order valence-corrected chi connectivity index (χ2v) is 9.97. The van der Waals surface area contributed by atoms with Gasteiger partial charge in [-0.1, -0.05) is 153 Å². The summed E-state index contributed by atoms with van der Waals surface area (Å²) in [5, 5.41) is 0. The fourth-order valence-corrected chi connectivity index (χ4v) is 4.52. The Kier molecular flexibility index (Phi) is 21.6. The highest BCUT2D eigenvalue weighted by molar-refractivity contribution is 14.1. The van der Waals surface area contributed by atoms with Crippen molar-refractivity contribution in [2.24, 2.45) is 5.92 Å². The first-order valence-electron chi connectivity index (χ1n) is 11.9. The predicted octanol–water partition coefficient (Wildman–Crippen LogP) is 9.88. The van der Waals surface area contributed by atoms with Crippen LogP contribution in [0.3, 0.4) is 0 Å². The van der Waals surface area contributed by atoms with Crippen molar-refractivity contribution < 1.29 is 0 Å². The minimum atomic E-state index is 0.909. The highest BCUT2D eigenvalue weighted by Gasteiger charge is 2.12. The van der Waals surface area contributed by atoms with E-state index in [0.717, 1.165) is 9.84 Å². The molecule has 2 unspecified atom stereocenters. The fraction of sp³-hybridized carbons (Fsp3) is 1.00. The second kappa shape index (κ2) is 21.0. The highest BCUT2D eigenvalue weighted by atomic mass is 127. The number of hydrogen-bond acceptors (Lipinski definition) is 0. The van der Waals surface area contributed by atoms with Gasteiger partial charge in [0.2, 0.25) is 0 Å². The first-order chi connectivity index (χ1) is 12.2. The van der Waals surface area contributed by atoms with E-state index in [1.54, 1.807) is 0 Å². The van der Waals surface area contributed by atoms with Crippen molar-refractivity contribution in [3.8, 4) is 0 Å². The van der Waals surface area contributed by atoms with Crippen LogP contribution in [0.5, 0.6) is 0 Å².